The molecule has 0 radical (unpaired) electrons. The largest absolute Gasteiger partial charge is 0.389 e. The summed E-state index contributed by atoms with van der Waals surface area (Å²) in [5.41, 5.74) is -0.411. The van der Waals surface area contributed by atoms with Crippen LogP contribution in [0.4, 0.5) is 0 Å². The second kappa shape index (κ2) is 4.81. The Kier molecular flexibility index (Phi) is 3.65. The van der Waals surface area contributed by atoms with Gasteiger partial charge in [-0.25, -0.2) is 0 Å². The van der Waals surface area contributed by atoms with Gasteiger partial charge in [0.2, 0.25) is 0 Å². The topological polar surface area (TPSA) is 32.7 Å². The van der Waals surface area contributed by atoms with Gasteiger partial charge >= 0.3 is 0 Å². The summed E-state index contributed by atoms with van der Waals surface area (Å²) < 4.78 is 5.48. The van der Waals surface area contributed by atoms with Crippen molar-refractivity contribution in [2.45, 2.75) is 50.2 Å². The zero-order chi connectivity index (χ0) is 10.7. The zero-order valence-corrected chi connectivity index (χ0v) is 9.74. The van der Waals surface area contributed by atoms with E-state index in [2.05, 4.69) is 11.9 Å². The van der Waals surface area contributed by atoms with E-state index < -0.39 is 5.60 Å². The van der Waals surface area contributed by atoms with Crippen LogP contribution in [0.1, 0.15) is 38.5 Å². The van der Waals surface area contributed by atoms with Gasteiger partial charge in [0.25, 0.3) is 0 Å². The number of likely N-dealkylation sites (N-methyl/N-ethyl adjacent to an activating group) is 1. The predicted molar refractivity (Wildman–Crippen MR) is 59.9 cm³/mol. The average molecular weight is 213 g/mol. The molecule has 1 aliphatic carbocycles. The first kappa shape index (κ1) is 11.4. The van der Waals surface area contributed by atoms with Crippen LogP contribution in [-0.4, -0.2) is 48.5 Å². The van der Waals surface area contributed by atoms with Gasteiger partial charge in [-0.15, -0.1) is 0 Å². The van der Waals surface area contributed by atoms with Crippen molar-refractivity contribution in [1.29, 1.82) is 0 Å². The molecular formula is C12H23NO2. The Morgan fingerprint density at radius 1 is 1.33 bits per heavy atom. The minimum Gasteiger partial charge on any atom is -0.389 e. The van der Waals surface area contributed by atoms with Crippen molar-refractivity contribution >= 4 is 0 Å². The zero-order valence-electron chi connectivity index (χ0n) is 9.74. The first-order valence-corrected chi connectivity index (χ1v) is 6.20. The third kappa shape index (κ3) is 2.92. The molecule has 1 aliphatic heterocycles. The highest BCUT2D eigenvalue weighted by atomic mass is 16.5. The van der Waals surface area contributed by atoms with Gasteiger partial charge in [-0.05, 0) is 32.7 Å². The molecule has 2 fully saturated rings. The highest BCUT2D eigenvalue weighted by molar-refractivity contribution is 4.88. The lowest BCUT2D eigenvalue weighted by Crippen LogP contribution is -2.46. The standard InChI is InChI=1S/C12H23NO2/c1-13(11-5-4-8-15-9-11)10-12(14)6-2-3-7-12/h11,14H,2-10H2,1H3. The van der Waals surface area contributed by atoms with Crippen LogP contribution in [0.2, 0.25) is 0 Å². The maximum Gasteiger partial charge on any atom is 0.0774 e. The predicted octanol–water partition coefficient (Wildman–Crippen LogP) is 1.40. The van der Waals surface area contributed by atoms with Crippen LogP contribution in [0.3, 0.4) is 0 Å². The molecule has 0 aromatic heterocycles. The quantitative estimate of drug-likeness (QED) is 0.769. The average Bonchev–Trinajstić information content (AvgIpc) is 2.66. The first-order chi connectivity index (χ1) is 7.20. The Bertz CT molecular complexity index is 196. The van der Waals surface area contributed by atoms with Crippen LogP contribution in [0.15, 0.2) is 0 Å². The molecule has 0 spiro atoms. The summed E-state index contributed by atoms with van der Waals surface area (Å²) in [7, 11) is 2.12. The van der Waals surface area contributed by atoms with E-state index in [-0.39, 0.29) is 0 Å². The minimum atomic E-state index is -0.411. The maximum absolute atomic E-state index is 10.3. The molecule has 1 atom stereocenters. The molecule has 88 valence electrons. The summed E-state index contributed by atoms with van der Waals surface area (Å²) in [6.07, 6.45) is 6.70. The van der Waals surface area contributed by atoms with E-state index >= 15 is 0 Å². The van der Waals surface area contributed by atoms with Gasteiger partial charge in [0.15, 0.2) is 0 Å². The lowest BCUT2D eigenvalue weighted by Gasteiger charge is -2.36. The lowest BCUT2D eigenvalue weighted by molar-refractivity contribution is -0.0264. The van der Waals surface area contributed by atoms with Gasteiger partial charge < -0.3 is 9.84 Å². The van der Waals surface area contributed by atoms with Crippen molar-refractivity contribution in [3.05, 3.63) is 0 Å². The third-order valence-electron chi connectivity index (χ3n) is 3.84. The van der Waals surface area contributed by atoms with Crippen LogP contribution in [0, 0.1) is 0 Å². The van der Waals surface area contributed by atoms with E-state index in [1.54, 1.807) is 0 Å². The van der Waals surface area contributed by atoms with Crippen molar-refractivity contribution in [2.24, 2.45) is 0 Å². The Hall–Kier alpha value is -0.120. The van der Waals surface area contributed by atoms with Crippen molar-refractivity contribution < 1.29 is 9.84 Å². The summed E-state index contributed by atoms with van der Waals surface area (Å²) in [4.78, 5) is 2.30. The van der Waals surface area contributed by atoms with E-state index in [0.717, 1.165) is 39.0 Å². The second-order valence-corrected chi connectivity index (χ2v) is 5.22. The summed E-state index contributed by atoms with van der Waals surface area (Å²) in [5, 5.41) is 10.3. The van der Waals surface area contributed by atoms with Crippen molar-refractivity contribution in [1.82, 2.24) is 4.90 Å². The van der Waals surface area contributed by atoms with Gasteiger partial charge in [-0.2, -0.15) is 0 Å². The Morgan fingerprint density at radius 2 is 2.07 bits per heavy atom. The third-order valence-corrected chi connectivity index (χ3v) is 3.84. The summed E-state index contributed by atoms with van der Waals surface area (Å²) in [6, 6.07) is 0.517. The van der Waals surface area contributed by atoms with E-state index in [0.29, 0.717) is 6.04 Å². The van der Waals surface area contributed by atoms with Gasteiger partial charge in [0.1, 0.15) is 0 Å². The summed E-state index contributed by atoms with van der Waals surface area (Å²) in [6.45, 7) is 2.57. The van der Waals surface area contributed by atoms with Crippen LogP contribution < -0.4 is 0 Å². The molecule has 2 aliphatic rings. The highest BCUT2D eigenvalue weighted by Gasteiger charge is 2.34. The Labute approximate surface area is 92.4 Å². The number of nitrogens with zero attached hydrogens (tertiary/aromatic N) is 1. The monoisotopic (exact) mass is 213 g/mol. The van der Waals surface area contributed by atoms with Crippen molar-refractivity contribution in [3.63, 3.8) is 0 Å². The molecule has 1 unspecified atom stereocenters. The fourth-order valence-corrected chi connectivity index (χ4v) is 2.86. The van der Waals surface area contributed by atoms with E-state index in [4.69, 9.17) is 4.74 Å². The highest BCUT2D eigenvalue weighted by Crippen LogP contribution is 2.30. The molecule has 1 heterocycles. The number of rotatable bonds is 3. The van der Waals surface area contributed by atoms with Crippen LogP contribution >= 0.6 is 0 Å². The molecule has 0 aromatic rings. The van der Waals surface area contributed by atoms with E-state index in [1.165, 1.54) is 19.3 Å². The lowest BCUT2D eigenvalue weighted by atomic mass is 10.00. The smallest absolute Gasteiger partial charge is 0.0774 e. The molecular weight excluding hydrogens is 190 g/mol. The van der Waals surface area contributed by atoms with Gasteiger partial charge in [-0.1, -0.05) is 12.8 Å². The number of hydrogen-bond donors (Lipinski definition) is 1. The van der Waals surface area contributed by atoms with Crippen LogP contribution in [0.5, 0.6) is 0 Å². The molecule has 1 saturated heterocycles. The number of ether oxygens (including phenoxy) is 1. The molecule has 2 rings (SSSR count). The van der Waals surface area contributed by atoms with Gasteiger partial charge in [0, 0.05) is 19.2 Å². The molecule has 3 nitrogen and oxygen atoms in total. The number of aliphatic hydroxyl groups is 1. The molecule has 1 saturated carbocycles. The normalized spacial score (nSPS) is 31.0. The molecule has 3 heteroatoms. The van der Waals surface area contributed by atoms with Crippen molar-refractivity contribution in [3.8, 4) is 0 Å². The van der Waals surface area contributed by atoms with Crippen LogP contribution in [-0.2, 0) is 4.74 Å². The summed E-state index contributed by atoms with van der Waals surface area (Å²) in [5.74, 6) is 0. The van der Waals surface area contributed by atoms with Gasteiger partial charge in [0.05, 0.1) is 12.2 Å². The molecule has 15 heavy (non-hydrogen) atoms. The first-order valence-electron chi connectivity index (χ1n) is 6.20. The van der Waals surface area contributed by atoms with Crippen molar-refractivity contribution in [2.75, 3.05) is 26.8 Å². The Balaban J connectivity index is 1.82. The molecule has 0 amide bonds. The number of hydrogen-bond acceptors (Lipinski definition) is 3. The van der Waals surface area contributed by atoms with Crippen LogP contribution in [0.25, 0.3) is 0 Å². The van der Waals surface area contributed by atoms with Gasteiger partial charge in [-0.3, -0.25) is 4.90 Å². The summed E-state index contributed by atoms with van der Waals surface area (Å²) >= 11 is 0. The second-order valence-electron chi connectivity index (χ2n) is 5.22. The fraction of sp³-hybridized carbons (Fsp3) is 1.00. The molecule has 1 N–H and O–H groups in total. The van der Waals surface area contributed by atoms with E-state index in [9.17, 15) is 5.11 Å². The fourth-order valence-electron chi connectivity index (χ4n) is 2.86. The SMILES string of the molecule is CN(CC1(O)CCCC1)C1CCCOC1. The molecule has 0 aromatic carbocycles. The van der Waals surface area contributed by atoms with E-state index in [1.807, 2.05) is 0 Å². The maximum atomic E-state index is 10.3. The molecule has 0 bridgehead atoms. The Morgan fingerprint density at radius 3 is 2.67 bits per heavy atom. The minimum absolute atomic E-state index is 0.411.